The van der Waals surface area contributed by atoms with E-state index in [2.05, 4.69) is 16.0 Å². The van der Waals surface area contributed by atoms with E-state index in [-0.39, 0.29) is 7.43 Å². The number of rotatable bonds is 2. The second-order valence-electron chi connectivity index (χ2n) is 4.94. The molecule has 0 N–H and O–H groups in total. The van der Waals surface area contributed by atoms with E-state index in [0.29, 0.717) is 12.1 Å². The van der Waals surface area contributed by atoms with E-state index in [1.807, 2.05) is 0 Å². The van der Waals surface area contributed by atoms with Crippen LogP contribution in [0.3, 0.4) is 0 Å². The fourth-order valence-corrected chi connectivity index (χ4v) is 2.62. The molecular formula is C14H26N2. The van der Waals surface area contributed by atoms with Gasteiger partial charge in [-0.05, 0) is 25.7 Å². The molecule has 16 heavy (non-hydrogen) atoms. The van der Waals surface area contributed by atoms with Gasteiger partial charge in [-0.3, -0.25) is 0 Å². The van der Waals surface area contributed by atoms with E-state index in [9.17, 15) is 0 Å². The Morgan fingerprint density at radius 3 is 1.38 bits per heavy atom. The highest BCUT2D eigenvalue weighted by molar-refractivity contribution is 5.42. The standard InChI is InChI=1S/C13H22N2.CH4/c1-3-7-12(8-4-1)14-11-15-13-9-5-2-6-10-13;/h12-13H,1-10H2;1H4. The van der Waals surface area contributed by atoms with Gasteiger partial charge in [0.05, 0.1) is 18.1 Å². The molecule has 0 aliphatic heterocycles. The van der Waals surface area contributed by atoms with Gasteiger partial charge in [-0.1, -0.05) is 46.0 Å². The van der Waals surface area contributed by atoms with Gasteiger partial charge in [-0.15, -0.1) is 0 Å². The molecule has 0 atom stereocenters. The maximum Gasteiger partial charge on any atom is 0.0898 e. The van der Waals surface area contributed by atoms with Crippen LogP contribution in [0, 0.1) is 0 Å². The molecule has 2 saturated carbocycles. The van der Waals surface area contributed by atoms with E-state index in [1.165, 1.54) is 64.2 Å². The van der Waals surface area contributed by atoms with Crippen LogP contribution < -0.4 is 0 Å². The van der Waals surface area contributed by atoms with Gasteiger partial charge in [0.2, 0.25) is 0 Å². The van der Waals surface area contributed by atoms with Crippen molar-refractivity contribution in [1.82, 2.24) is 0 Å². The Morgan fingerprint density at radius 1 is 0.625 bits per heavy atom. The van der Waals surface area contributed by atoms with Crippen LogP contribution in [0.25, 0.3) is 0 Å². The summed E-state index contributed by atoms with van der Waals surface area (Å²) in [5.74, 6) is 0. The van der Waals surface area contributed by atoms with Crippen LogP contribution in [0.2, 0.25) is 0 Å². The Morgan fingerprint density at radius 2 is 1.00 bits per heavy atom. The second kappa shape index (κ2) is 7.62. The lowest BCUT2D eigenvalue weighted by molar-refractivity contribution is 0.438. The Labute approximate surface area is 100 Å². The van der Waals surface area contributed by atoms with Gasteiger partial charge in [-0.2, -0.15) is 0 Å². The molecule has 0 spiro atoms. The lowest BCUT2D eigenvalue weighted by atomic mass is 9.96. The fraction of sp³-hybridized carbons (Fsp3) is 0.929. The first-order valence-corrected chi connectivity index (χ1v) is 6.60. The highest BCUT2D eigenvalue weighted by atomic mass is 14.9. The van der Waals surface area contributed by atoms with Gasteiger partial charge in [-0.25, -0.2) is 9.98 Å². The number of nitrogens with zero attached hydrogens (tertiary/aromatic N) is 2. The maximum absolute atomic E-state index is 4.46. The SMILES string of the molecule is C.C(=NC1CCCCC1)=NC1CCCCC1. The zero-order chi connectivity index (χ0) is 10.3. The number of hydrogen-bond donors (Lipinski definition) is 0. The molecule has 2 aliphatic rings. The van der Waals surface area contributed by atoms with Crippen molar-refractivity contribution in [2.75, 3.05) is 0 Å². The molecule has 2 heteroatoms. The van der Waals surface area contributed by atoms with E-state index >= 15 is 0 Å². The van der Waals surface area contributed by atoms with Crippen LogP contribution in [-0.4, -0.2) is 18.1 Å². The van der Waals surface area contributed by atoms with Gasteiger partial charge in [0, 0.05) is 0 Å². The van der Waals surface area contributed by atoms with E-state index in [1.54, 1.807) is 0 Å². The molecule has 0 aromatic heterocycles. The minimum Gasteiger partial charge on any atom is -0.222 e. The van der Waals surface area contributed by atoms with Crippen molar-refractivity contribution in [3.8, 4) is 0 Å². The minimum absolute atomic E-state index is 0. The zero-order valence-electron chi connectivity index (χ0n) is 9.62. The number of hydrogen-bond acceptors (Lipinski definition) is 2. The molecule has 0 bridgehead atoms. The highest BCUT2D eigenvalue weighted by Crippen LogP contribution is 2.21. The van der Waals surface area contributed by atoms with Crippen LogP contribution in [0.15, 0.2) is 9.98 Å². The Balaban J connectivity index is 0.00000128. The Hall–Kier alpha value is -0.620. The van der Waals surface area contributed by atoms with Gasteiger partial charge < -0.3 is 0 Å². The second-order valence-corrected chi connectivity index (χ2v) is 4.94. The van der Waals surface area contributed by atoms with Gasteiger partial charge in [0.25, 0.3) is 0 Å². The molecule has 0 radical (unpaired) electrons. The van der Waals surface area contributed by atoms with Crippen LogP contribution in [-0.2, 0) is 0 Å². The Bertz CT molecular complexity index is 207. The average molecular weight is 222 g/mol. The summed E-state index contributed by atoms with van der Waals surface area (Å²) >= 11 is 0. The first kappa shape index (κ1) is 13.4. The molecule has 2 aliphatic carbocycles. The summed E-state index contributed by atoms with van der Waals surface area (Å²) in [6.45, 7) is 0. The number of aliphatic imine (C=N–C) groups is 2. The topological polar surface area (TPSA) is 24.7 Å². The van der Waals surface area contributed by atoms with Crippen LogP contribution in [0.1, 0.15) is 71.6 Å². The molecule has 0 heterocycles. The van der Waals surface area contributed by atoms with Crippen molar-refractivity contribution in [2.24, 2.45) is 9.98 Å². The van der Waals surface area contributed by atoms with Gasteiger partial charge in [0.1, 0.15) is 0 Å². The van der Waals surface area contributed by atoms with Crippen molar-refractivity contribution < 1.29 is 0 Å². The zero-order valence-corrected chi connectivity index (χ0v) is 9.62. The third kappa shape index (κ3) is 4.49. The fourth-order valence-electron chi connectivity index (χ4n) is 2.62. The van der Waals surface area contributed by atoms with Crippen molar-refractivity contribution in [3.05, 3.63) is 0 Å². The van der Waals surface area contributed by atoms with Crippen molar-refractivity contribution in [3.63, 3.8) is 0 Å². The molecule has 92 valence electrons. The average Bonchev–Trinajstić information content (AvgIpc) is 2.32. The quantitative estimate of drug-likeness (QED) is 0.616. The van der Waals surface area contributed by atoms with Crippen LogP contribution in [0.4, 0.5) is 0 Å². The van der Waals surface area contributed by atoms with Crippen molar-refractivity contribution in [1.29, 1.82) is 0 Å². The molecule has 0 unspecified atom stereocenters. The molecule has 2 fully saturated rings. The van der Waals surface area contributed by atoms with E-state index < -0.39 is 0 Å². The summed E-state index contributed by atoms with van der Waals surface area (Å²) in [4.78, 5) is 8.92. The summed E-state index contributed by atoms with van der Waals surface area (Å²) < 4.78 is 0. The normalized spacial score (nSPS) is 23.0. The largest absolute Gasteiger partial charge is 0.222 e. The molecule has 2 rings (SSSR count). The summed E-state index contributed by atoms with van der Waals surface area (Å²) in [5.41, 5.74) is 0. The summed E-state index contributed by atoms with van der Waals surface area (Å²) in [6.07, 6.45) is 13.2. The smallest absolute Gasteiger partial charge is 0.0898 e. The monoisotopic (exact) mass is 222 g/mol. The lowest BCUT2D eigenvalue weighted by Crippen LogP contribution is -2.10. The molecule has 0 aromatic rings. The molecule has 0 saturated heterocycles. The predicted molar refractivity (Wildman–Crippen MR) is 70.3 cm³/mol. The molecular weight excluding hydrogens is 196 g/mol. The maximum atomic E-state index is 4.46. The van der Waals surface area contributed by atoms with Crippen molar-refractivity contribution in [2.45, 2.75) is 83.7 Å². The van der Waals surface area contributed by atoms with Gasteiger partial charge in [0.15, 0.2) is 0 Å². The van der Waals surface area contributed by atoms with E-state index in [4.69, 9.17) is 0 Å². The predicted octanol–water partition coefficient (Wildman–Crippen LogP) is 4.46. The summed E-state index contributed by atoms with van der Waals surface area (Å²) in [7, 11) is 0. The van der Waals surface area contributed by atoms with E-state index in [0.717, 1.165) is 0 Å². The third-order valence-electron chi connectivity index (χ3n) is 3.63. The highest BCUT2D eigenvalue weighted by Gasteiger charge is 2.12. The Kier molecular flexibility index (Phi) is 6.40. The third-order valence-corrected chi connectivity index (χ3v) is 3.63. The molecule has 2 nitrogen and oxygen atoms in total. The molecule has 0 aromatic carbocycles. The van der Waals surface area contributed by atoms with Crippen LogP contribution >= 0.6 is 0 Å². The van der Waals surface area contributed by atoms with Gasteiger partial charge >= 0.3 is 0 Å². The minimum atomic E-state index is 0. The summed E-state index contributed by atoms with van der Waals surface area (Å²) in [5, 5.41) is 0. The lowest BCUT2D eigenvalue weighted by Gasteiger charge is -2.17. The molecule has 0 amide bonds. The summed E-state index contributed by atoms with van der Waals surface area (Å²) in [6, 6.07) is 4.04. The first-order valence-electron chi connectivity index (χ1n) is 6.60. The van der Waals surface area contributed by atoms with Crippen LogP contribution in [0.5, 0.6) is 0 Å². The van der Waals surface area contributed by atoms with Crippen molar-refractivity contribution >= 4 is 6.01 Å². The first-order chi connectivity index (χ1) is 7.45.